The number of hydrogen-bond donors (Lipinski definition) is 2. The van der Waals surface area contributed by atoms with Crippen LogP contribution in [0.4, 0.5) is 11.6 Å². The molecule has 0 radical (unpaired) electrons. The van der Waals surface area contributed by atoms with Crippen LogP contribution in [0.5, 0.6) is 0 Å². The van der Waals surface area contributed by atoms with Gasteiger partial charge in [-0.15, -0.1) is 0 Å². The molecule has 3 rings (SSSR count). The predicted octanol–water partition coefficient (Wildman–Crippen LogP) is 3.49. The molecular formula is C16H13ClN4O. The Bertz CT molecular complexity index is 879. The maximum absolute atomic E-state index is 11.2. The van der Waals surface area contributed by atoms with E-state index in [1.807, 2.05) is 24.3 Å². The molecule has 0 unspecified atom stereocenters. The summed E-state index contributed by atoms with van der Waals surface area (Å²) in [5.41, 5.74) is 8.71. The molecule has 0 saturated carbocycles. The van der Waals surface area contributed by atoms with E-state index < -0.39 is 0 Å². The molecule has 22 heavy (non-hydrogen) atoms. The van der Waals surface area contributed by atoms with Gasteiger partial charge in [0.2, 0.25) is 11.9 Å². The molecule has 3 N–H and O–H groups in total. The zero-order chi connectivity index (χ0) is 15.7. The van der Waals surface area contributed by atoms with E-state index >= 15 is 0 Å². The summed E-state index contributed by atoms with van der Waals surface area (Å²) in [5.74, 6) is 0.0574. The Kier molecular flexibility index (Phi) is 3.65. The van der Waals surface area contributed by atoms with Gasteiger partial charge < -0.3 is 11.1 Å². The topological polar surface area (TPSA) is 80.9 Å². The van der Waals surface area contributed by atoms with Crippen molar-refractivity contribution in [3.63, 3.8) is 0 Å². The first-order chi connectivity index (χ1) is 10.5. The van der Waals surface area contributed by atoms with Gasteiger partial charge in [-0.25, -0.2) is 9.97 Å². The van der Waals surface area contributed by atoms with Gasteiger partial charge in [0, 0.05) is 28.6 Å². The highest BCUT2D eigenvalue weighted by Crippen LogP contribution is 2.30. The molecule has 3 aromatic rings. The van der Waals surface area contributed by atoms with Crippen LogP contribution in [0, 0.1) is 0 Å². The zero-order valence-electron chi connectivity index (χ0n) is 11.8. The van der Waals surface area contributed by atoms with Gasteiger partial charge in [0.15, 0.2) is 0 Å². The zero-order valence-corrected chi connectivity index (χ0v) is 12.6. The lowest BCUT2D eigenvalue weighted by Crippen LogP contribution is -2.05. The first-order valence-corrected chi connectivity index (χ1v) is 7.01. The standard InChI is InChI=1S/C16H13ClN4O/c1-9(22)19-12-4-2-3-10(7-12)15-13-8-11(17)5-6-14(13)20-16(18)21-15/h2-8H,1H3,(H,19,22)(H2,18,20,21). The summed E-state index contributed by atoms with van der Waals surface area (Å²) in [6.07, 6.45) is 0. The largest absolute Gasteiger partial charge is 0.368 e. The smallest absolute Gasteiger partial charge is 0.221 e. The van der Waals surface area contributed by atoms with E-state index in [-0.39, 0.29) is 11.9 Å². The summed E-state index contributed by atoms with van der Waals surface area (Å²) in [4.78, 5) is 19.7. The Morgan fingerprint density at radius 1 is 1.18 bits per heavy atom. The molecule has 6 heteroatoms. The van der Waals surface area contributed by atoms with Gasteiger partial charge in [-0.1, -0.05) is 23.7 Å². The third-order valence-electron chi connectivity index (χ3n) is 3.13. The Morgan fingerprint density at radius 2 is 2.00 bits per heavy atom. The lowest BCUT2D eigenvalue weighted by atomic mass is 10.1. The molecule has 0 aliphatic heterocycles. The number of nitrogens with zero attached hydrogens (tertiary/aromatic N) is 2. The van der Waals surface area contributed by atoms with E-state index in [0.717, 1.165) is 16.5 Å². The SMILES string of the molecule is CC(=O)Nc1cccc(-c2nc(N)nc3ccc(Cl)cc23)c1. The fraction of sp³-hybridized carbons (Fsp3) is 0.0625. The number of halogens is 1. The van der Waals surface area contributed by atoms with Crippen LogP contribution in [0.2, 0.25) is 5.02 Å². The minimum Gasteiger partial charge on any atom is -0.368 e. The summed E-state index contributed by atoms with van der Waals surface area (Å²) in [5, 5.41) is 4.15. The molecule has 0 saturated heterocycles. The quantitative estimate of drug-likeness (QED) is 0.759. The van der Waals surface area contributed by atoms with Crippen molar-refractivity contribution in [2.45, 2.75) is 6.92 Å². The third-order valence-corrected chi connectivity index (χ3v) is 3.37. The number of nitrogen functional groups attached to an aromatic ring is 1. The van der Waals surface area contributed by atoms with Crippen molar-refractivity contribution >= 4 is 40.0 Å². The second-order valence-electron chi connectivity index (χ2n) is 4.85. The highest BCUT2D eigenvalue weighted by Gasteiger charge is 2.10. The third kappa shape index (κ3) is 2.84. The van der Waals surface area contributed by atoms with Crippen LogP contribution in [-0.2, 0) is 4.79 Å². The monoisotopic (exact) mass is 312 g/mol. The highest BCUT2D eigenvalue weighted by atomic mass is 35.5. The van der Waals surface area contributed by atoms with Crippen LogP contribution in [-0.4, -0.2) is 15.9 Å². The summed E-state index contributed by atoms with van der Waals surface area (Å²) in [6, 6.07) is 12.7. The normalized spacial score (nSPS) is 10.6. The van der Waals surface area contributed by atoms with Gasteiger partial charge >= 0.3 is 0 Å². The number of carbonyl (C=O) groups is 1. The molecule has 1 aromatic heterocycles. The molecule has 0 fully saturated rings. The Balaban J connectivity index is 2.21. The van der Waals surface area contributed by atoms with Gasteiger partial charge in [-0.2, -0.15) is 0 Å². The van der Waals surface area contributed by atoms with E-state index in [9.17, 15) is 4.79 Å². The lowest BCUT2D eigenvalue weighted by molar-refractivity contribution is -0.114. The van der Waals surface area contributed by atoms with Gasteiger partial charge in [-0.3, -0.25) is 4.79 Å². The average Bonchev–Trinajstić information content (AvgIpc) is 2.46. The Hall–Kier alpha value is -2.66. The Morgan fingerprint density at radius 3 is 2.77 bits per heavy atom. The summed E-state index contributed by atoms with van der Waals surface area (Å²) < 4.78 is 0. The summed E-state index contributed by atoms with van der Waals surface area (Å²) >= 11 is 6.07. The van der Waals surface area contributed by atoms with Crippen molar-refractivity contribution < 1.29 is 4.79 Å². The number of anilines is 2. The van der Waals surface area contributed by atoms with E-state index in [4.69, 9.17) is 17.3 Å². The van der Waals surface area contributed by atoms with Crippen LogP contribution in [0.15, 0.2) is 42.5 Å². The van der Waals surface area contributed by atoms with Crippen LogP contribution in [0.1, 0.15) is 6.92 Å². The number of nitrogens with one attached hydrogen (secondary N) is 1. The minimum absolute atomic E-state index is 0.132. The second-order valence-corrected chi connectivity index (χ2v) is 5.29. The van der Waals surface area contributed by atoms with Crippen LogP contribution in [0.3, 0.4) is 0 Å². The number of rotatable bonds is 2. The van der Waals surface area contributed by atoms with Crippen LogP contribution < -0.4 is 11.1 Å². The summed E-state index contributed by atoms with van der Waals surface area (Å²) in [7, 11) is 0. The number of carbonyl (C=O) groups excluding carboxylic acids is 1. The van der Waals surface area contributed by atoms with Crippen LogP contribution >= 0.6 is 11.6 Å². The fourth-order valence-corrected chi connectivity index (χ4v) is 2.46. The molecule has 0 atom stereocenters. The number of nitrogens with two attached hydrogens (primary N) is 1. The number of hydrogen-bond acceptors (Lipinski definition) is 4. The Labute approximate surface area is 132 Å². The molecule has 110 valence electrons. The minimum atomic E-state index is -0.132. The van der Waals surface area contributed by atoms with Crippen molar-refractivity contribution in [1.29, 1.82) is 0 Å². The van der Waals surface area contributed by atoms with E-state index in [0.29, 0.717) is 16.4 Å². The molecule has 0 aliphatic carbocycles. The van der Waals surface area contributed by atoms with Gasteiger partial charge in [0.05, 0.1) is 11.2 Å². The molecule has 1 amide bonds. The molecular weight excluding hydrogens is 300 g/mol. The van der Waals surface area contributed by atoms with Crippen molar-refractivity contribution in [3.8, 4) is 11.3 Å². The summed E-state index contributed by atoms with van der Waals surface area (Å²) in [6.45, 7) is 1.46. The molecule has 2 aromatic carbocycles. The van der Waals surface area contributed by atoms with Gasteiger partial charge in [0.1, 0.15) is 0 Å². The molecule has 0 spiro atoms. The maximum Gasteiger partial charge on any atom is 0.221 e. The second kappa shape index (κ2) is 5.61. The van der Waals surface area contributed by atoms with E-state index in [2.05, 4.69) is 15.3 Å². The van der Waals surface area contributed by atoms with Crippen molar-refractivity contribution in [2.24, 2.45) is 0 Å². The predicted molar refractivity (Wildman–Crippen MR) is 88.7 cm³/mol. The molecule has 1 heterocycles. The van der Waals surface area contributed by atoms with Gasteiger partial charge in [-0.05, 0) is 30.3 Å². The fourth-order valence-electron chi connectivity index (χ4n) is 2.29. The molecule has 0 bridgehead atoms. The molecule has 0 aliphatic rings. The first kappa shape index (κ1) is 14.3. The van der Waals surface area contributed by atoms with E-state index in [1.54, 1.807) is 18.2 Å². The number of benzene rings is 2. The lowest BCUT2D eigenvalue weighted by Gasteiger charge is -2.09. The van der Waals surface area contributed by atoms with Crippen molar-refractivity contribution in [1.82, 2.24) is 9.97 Å². The number of fused-ring (bicyclic) bond motifs is 1. The number of aromatic nitrogens is 2. The number of amides is 1. The molecule has 5 nitrogen and oxygen atoms in total. The van der Waals surface area contributed by atoms with E-state index in [1.165, 1.54) is 6.92 Å². The van der Waals surface area contributed by atoms with Crippen LogP contribution in [0.25, 0.3) is 22.2 Å². The highest BCUT2D eigenvalue weighted by molar-refractivity contribution is 6.31. The first-order valence-electron chi connectivity index (χ1n) is 6.64. The van der Waals surface area contributed by atoms with Gasteiger partial charge in [0.25, 0.3) is 0 Å². The van der Waals surface area contributed by atoms with Crippen molar-refractivity contribution in [2.75, 3.05) is 11.1 Å². The maximum atomic E-state index is 11.2. The van der Waals surface area contributed by atoms with Crippen molar-refractivity contribution in [3.05, 3.63) is 47.5 Å². The average molecular weight is 313 g/mol.